The van der Waals surface area contributed by atoms with Crippen LogP contribution in [0.15, 0.2) is 24.3 Å². The molecule has 1 heteroatoms. The summed E-state index contributed by atoms with van der Waals surface area (Å²) in [6, 6.07) is 8.58. The average molecular weight is 220 g/mol. The number of rotatable bonds is 4. The van der Waals surface area contributed by atoms with Gasteiger partial charge in [0.15, 0.2) is 0 Å². The molecule has 0 aliphatic rings. The van der Waals surface area contributed by atoms with Gasteiger partial charge in [-0.3, -0.25) is 0 Å². The van der Waals surface area contributed by atoms with Crippen molar-refractivity contribution >= 4 is 0 Å². The van der Waals surface area contributed by atoms with Gasteiger partial charge in [-0.05, 0) is 36.8 Å². The molecule has 16 heavy (non-hydrogen) atoms. The molecule has 0 amide bonds. The van der Waals surface area contributed by atoms with Crippen molar-refractivity contribution < 1.29 is 4.74 Å². The van der Waals surface area contributed by atoms with Gasteiger partial charge in [0.05, 0.1) is 12.7 Å². The Morgan fingerprint density at radius 1 is 1.06 bits per heavy atom. The molecule has 90 valence electrons. The molecule has 0 unspecified atom stereocenters. The second-order valence-electron chi connectivity index (χ2n) is 5.87. The molecule has 0 N–H and O–H groups in total. The molecule has 0 bridgehead atoms. The maximum atomic E-state index is 5.68. The Morgan fingerprint density at radius 2 is 1.62 bits per heavy atom. The minimum absolute atomic E-state index is 0.294. The van der Waals surface area contributed by atoms with Crippen LogP contribution in [0.25, 0.3) is 0 Å². The molecule has 0 aliphatic heterocycles. The highest BCUT2D eigenvalue weighted by atomic mass is 16.5. The third kappa shape index (κ3) is 4.80. The Kier molecular flexibility index (Phi) is 4.55. The van der Waals surface area contributed by atoms with Crippen LogP contribution in [0, 0.1) is 5.41 Å². The maximum Gasteiger partial charge on any atom is 0.0723 e. The van der Waals surface area contributed by atoms with Crippen LogP contribution in [0.1, 0.15) is 45.7 Å². The van der Waals surface area contributed by atoms with Gasteiger partial charge >= 0.3 is 0 Å². The Labute approximate surface area is 99.8 Å². The van der Waals surface area contributed by atoms with E-state index in [1.165, 1.54) is 11.1 Å². The van der Waals surface area contributed by atoms with Crippen molar-refractivity contribution in [3.8, 4) is 0 Å². The first-order chi connectivity index (χ1) is 7.38. The van der Waals surface area contributed by atoms with E-state index in [9.17, 15) is 0 Å². The van der Waals surface area contributed by atoms with Gasteiger partial charge in [-0.1, -0.05) is 45.0 Å². The zero-order valence-electron chi connectivity index (χ0n) is 11.2. The summed E-state index contributed by atoms with van der Waals surface area (Å²) in [6.45, 7) is 11.7. The first-order valence-corrected chi connectivity index (χ1v) is 6.07. The van der Waals surface area contributed by atoms with Gasteiger partial charge in [0.2, 0.25) is 0 Å². The largest absolute Gasteiger partial charge is 0.374 e. The van der Waals surface area contributed by atoms with E-state index in [1.807, 2.05) is 0 Å². The molecular formula is C15H24O. The molecule has 0 radical (unpaired) electrons. The van der Waals surface area contributed by atoms with Gasteiger partial charge in [0, 0.05) is 0 Å². The van der Waals surface area contributed by atoms with E-state index >= 15 is 0 Å². The second kappa shape index (κ2) is 5.49. The Morgan fingerprint density at radius 3 is 2.12 bits per heavy atom. The van der Waals surface area contributed by atoms with Crippen molar-refractivity contribution in [1.82, 2.24) is 0 Å². The molecule has 0 spiro atoms. The highest BCUT2D eigenvalue weighted by Crippen LogP contribution is 2.23. The van der Waals surface area contributed by atoms with Gasteiger partial charge in [0.1, 0.15) is 0 Å². The molecule has 0 atom stereocenters. The molecule has 0 aromatic heterocycles. The predicted octanol–water partition coefficient (Wildman–Crippen LogP) is 4.20. The minimum atomic E-state index is 0.294. The van der Waals surface area contributed by atoms with E-state index in [0.29, 0.717) is 11.5 Å². The zero-order chi connectivity index (χ0) is 12.2. The summed E-state index contributed by atoms with van der Waals surface area (Å²) in [5.74, 6) is 0. The Bertz CT molecular complexity index is 320. The minimum Gasteiger partial charge on any atom is -0.374 e. The molecule has 0 saturated carbocycles. The number of benzene rings is 1. The molecular weight excluding hydrogens is 196 g/mol. The van der Waals surface area contributed by atoms with Gasteiger partial charge < -0.3 is 4.74 Å². The summed E-state index contributed by atoms with van der Waals surface area (Å²) in [5, 5.41) is 0. The first kappa shape index (κ1) is 13.2. The fourth-order valence-corrected chi connectivity index (χ4v) is 1.70. The molecule has 1 aromatic rings. The highest BCUT2D eigenvalue weighted by Gasteiger charge is 2.13. The molecule has 0 saturated heterocycles. The monoisotopic (exact) mass is 220 g/mol. The van der Waals surface area contributed by atoms with Crippen molar-refractivity contribution in [2.75, 3.05) is 0 Å². The van der Waals surface area contributed by atoms with Gasteiger partial charge in [-0.15, -0.1) is 0 Å². The van der Waals surface area contributed by atoms with Gasteiger partial charge in [-0.25, -0.2) is 0 Å². The van der Waals surface area contributed by atoms with E-state index in [-0.39, 0.29) is 0 Å². The van der Waals surface area contributed by atoms with Crippen LogP contribution in [0.2, 0.25) is 0 Å². The molecule has 0 heterocycles. The lowest BCUT2D eigenvalue weighted by molar-refractivity contribution is 0.0651. The van der Waals surface area contributed by atoms with Crippen LogP contribution in [0.3, 0.4) is 0 Å². The lowest BCUT2D eigenvalue weighted by Gasteiger charge is -2.20. The Hall–Kier alpha value is -0.820. The van der Waals surface area contributed by atoms with Crippen LogP contribution >= 0.6 is 0 Å². The lowest BCUT2D eigenvalue weighted by Crippen LogP contribution is -2.12. The zero-order valence-corrected chi connectivity index (χ0v) is 11.2. The van der Waals surface area contributed by atoms with Crippen LogP contribution < -0.4 is 0 Å². The third-order valence-corrected chi connectivity index (χ3v) is 2.41. The second-order valence-corrected chi connectivity index (χ2v) is 5.87. The lowest BCUT2D eigenvalue weighted by atomic mass is 9.86. The summed E-state index contributed by atoms with van der Waals surface area (Å²) in [4.78, 5) is 0. The van der Waals surface area contributed by atoms with Crippen molar-refractivity contribution in [1.29, 1.82) is 0 Å². The van der Waals surface area contributed by atoms with E-state index in [0.717, 1.165) is 13.0 Å². The molecule has 1 aromatic carbocycles. The summed E-state index contributed by atoms with van der Waals surface area (Å²) < 4.78 is 5.68. The quantitative estimate of drug-likeness (QED) is 0.739. The summed E-state index contributed by atoms with van der Waals surface area (Å²) in [7, 11) is 0. The fraction of sp³-hybridized carbons (Fsp3) is 0.600. The van der Waals surface area contributed by atoms with E-state index < -0.39 is 0 Å². The van der Waals surface area contributed by atoms with E-state index in [4.69, 9.17) is 4.74 Å². The number of hydrogen-bond acceptors (Lipinski definition) is 1. The van der Waals surface area contributed by atoms with Gasteiger partial charge in [0.25, 0.3) is 0 Å². The SMILES string of the molecule is CC(C)OCc1ccccc1CC(C)(C)C. The summed E-state index contributed by atoms with van der Waals surface area (Å²) in [6.07, 6.45) is 1.40. The molecule has 1 nitrogen and oxygen atoms in total. The normalized spacial score (nSPS) is 12.1. The summed E-state index contributed by atoms with van der Waals surface area (Å²) in [5.41, 5.74) is 3.07. The first-order valence-electron chi connectivity index (χ1n) is 6.07. The fourth-order valence-electron chi connectivity index (χ4n) is 1.70. The molecule has 0 aliphatic carbocycles. The van der Waals surface area contributed by atoms with Crippen LogP contribution in [0.4, 0.5) is 0 Å². The predicted molar refractivity (Wildman–Crippen MR) is 69.5 cm³/mol. The number of hydrogen-bond donors (Lipinski definition) is 0. The standard InChI is InChI=1S/C15H24O/c1-12(2)16-11-14-9-7-6-8-13(14)10-15(3,4)5/h6-9,12H,10-11H2,1-5H3. The maximum absolute atomic E-state index is 5.68. The van der Waals surface area contributed by atoms with Crippen molar-refractivity contribution in [2.24, 2.45) is 5.41 Å². The Balaban J connectivity index is 2.75. The number of ether oxygens (including phenoxy) is 1. The van der Waals surface area contributed by atoms with E-state index in [1.54, 1.807) is 0 Å². The van der Waals surface area contributed by atoms with Crippen LogP contribution in [-0.4, -0.2) is 6.10 Å². The topological polar surface area (TPSA) is 9.23 Å². The smallest absolute Gasteiger partial charge is 0.0723 e. The van der Waals surface area contributed by atoms with E-state index in [2.05, 4.69) is 58.9 Å². The molecule has 1 rings (SSSR count). The third-order valence-electron chi connectivity index (χ3n) is 2.41. The van der Waals surface area contributed by atoms with Crippen molar-refractivity contribution in [3.63, 3.8) is 0 Å². The molecule has 0 fully saturated rings. The van der Waals surface area contributed by atoms with Crippen molar-refractivity contribution in [3.05, 3.63) is 35.4 Å². The van der Waals surface area contributed by atoms with Gasteiger partial charge in [-0.2, -0.15) is 0 Å². The highest BCUT2D eigenvalue weighted by molar-refractivity contribution is 5.27. The summed E-state index contributed by atoms with van der Waals surface area (Å²) >= 11 is 0. The average Bonchev–Trinajstić information content (AvgIpc) is 2.14. The van der Waals surface area contributed by atoms with Crippen LogP contribution in [-0.2, 0) is 17.8 Å². The van der Waals surface area contributed by atoms with Crippen molar-refractivity contribution in [2.45, 2.75) is 53.8 Å². The van der Waals surface area contributed by atoms with Crippen LogP contribution in [0.5, 0.6) is 0 Å².